The summed E-state index contributed by atoms with van der Waals surface area (Å²) < 4.78 is 0. The Morgan fingerprint density at radius 3 is 2.87 bits per heavy atom. The van der Waals surface area contributed by atoms with Gasteiger partial charge in [-0.2, -0.15) is 0 Å². The van der Waals surface area contributed by atoms with E-state index in [-0.39, 0.29) is 6.10 Å². The minimum Gasteiger partial charge on any atom is -0.389 e. The second-order valence-electron chi connectivity index (χ2n) is 4.57. The normalized spacial score (nSPS) is 24.7. The maximum atomic E-state index is 10.1. The average Bonchev–Trinajstić information content (AvgIpc) is 2.71. The Bertz CT molecular complexity index is 417. The lowest BCUT2D eigenvalue weighted by atomic mass is 9.98. The fourth-order valence-electron chi connectivity index (χ4n) is 2.94. The van der Waals surface area contributed by atoms with Crippen molar-refractivity contribution < 1.29 is 5.11 Å². The van der Waals surface area contributed by atoms with Crippen LogP contribution in [0.15, 0.2) is 29.8 Å². The van der Waals surface area contributed by atoms with Crippen LogP contribution in [0.3, 0.4) is 0 Å². The number of allylic oxidation sites excluding steroid dienone is 1. The molecule has 0 amide bonds. The fourth-order valence-corrected chi connectivity index (χ4v) is 2.94. The Kier molecular flexibility index (Phi) is 2.14. The number of hydrogen-bond donors (Lipinski definition) is 1. The van der Waals surface area contributed by atoms with Crippen molar-refractivity contribution in [3.8, 4) is 0 Å². The smallest absolute Gasteiger partial charge is 0.0759 e. The first-order chi connectivity index (χ1) is 7.36. The Hall–Kier alpha value is -1.08. The molecule has 0 spiro atoms. The van der Waals surface area contributed by atoms with Gasteiger partial charge in [0.1, 0.15) is 0 Å². The molecule has 3 rings (SSSR count). The summed E-state index contributed by atoms with van der Waals surface area (Å²) >= 11 is 0. The van der Waals surface area contributed by atoms with Crippen LogP contribution in [0.2, 0.25) is 0 Å². The Morgan fingerprint density at radius 2 is 1.93 bits per heavy atom. The molecule has 1 N–H and O–H groups in total. The molecule has 78 valence electrons. The van der Waals surface area contributed by atoms with E-state index in [2.05, 4.69) is 24.3 Å². The van der Waals surface area contributed by atoms with Crippen molar-refractivity contribution in [2.45, 2.75) is 38.2 Å². The maximum Gasteiger partial charge on any atom is 0.0759 e. The highest BCUT2D eigenvalue weighted by atomic mass is 16.3. The van der Waals surface area contributed by atoms with Crippen molar-refractivity contribution >= 4 is 5.57 Å². The van der Waals surface area contributed by atoms with Crippen LogP contribution in [-0.4, -0.2) is 11.2 Å². The van der Waals surface area contributed by atoms with Gasteiger partial charge in [-0.3, -0.25) is 0 Å². The summed E-state index contributed by atoms with van der Waals surface area (Å²) in [6.07, 6.45) is 5.21. The van der Waals surface area contributed by atoms with Crippen LogP contribution < -0.4 is 0 Å². The SMILES string of the molecule is OC1CCc2ccccc2C2=C1CCC2. The van der Waals surface area contributed by atoms with E-state index in [0.29, 0.717) is 0 Å². The van der Waals surface area contributed by atoms with Crippen LogP contribution in [0.1, 0.15) is 36.8 Å². The molecule has 2 aliphatic carbocycles. The lowest BCUT2D eigenvalue weighted by Crippen LogP contribution is -2.08. The molecule has 15 heavy (non-hydrogen) atoms. The van der Waals surface area contributed by atoms with Crippen LogP contribution in [0.5, 0.6) is 0 Å². The van der Waals surface area contributed by atoms with Crippen molar-refractivity contribution in [2.75, 3.05) is 0 Å². The van der Waals surface area contributed by atoms with Crippen molar-refractivity contribution in [1.29, 1.82) is 0 Å². The first-order valence-electron chi connectivity index (χ1n) is 5.84. The maximum absolute atomic E-state index is 10.1. The van der Waals surface area contributed by atoms with E-state index in [0.717, 1.165) is 25.7 Å². The number of hydrogen-bond acceptors (Lipinski definition) is 1. The van der Waals surface area contributed by atoms with Gasteiger partial charge in [0.15, 0.2) is 0 Å². The van der Waals surface area contributed by atoms with E-state index in [1.807, 2.05) is 0 Å². The van der Waals surface area contributed by atoms with Gasteiger partial charge in [-0.25, -0.2) is 0 Å². The molecule has 1 unspecified atom stereocenters. The average molecular weight is 200 g/mol. The van der Waals surface area contributed by atoms with Gasteiger partial charge in [0.05, 0.1) is 6.10 Å². The molecule has 1 nitrogen and oxygen atoms in total. The first-order valence-corrected chi connectivity index (χ1v) is 5.84. The molecule has 0 bridgehead atoms. The zero-order valence-corrected chi connectivity index (χ0v) is 8.87. The lowest BCUT2D eigenvalue weighted by Gasteiger charge is -2.10. The van der Waals surface area contributed by atoms with Gasteiger partial charge in [0, 0.05) is 0 Å². The molecule has 0 fully saturated rings. The van der Waals surface area contributed by atoms with E-state index >= 15 is 0 Å². The third-order valence-corrected chi connectivity index (χ3v) is 3.69. The van der Waals surface area contributed by atoms with Crippen molar-refractivity contribution in [2.24, 2.45) is 0 Å². The number of fused-ring (bicyclic) bond motifs is 2. The zero-order valence-electron chi connectivity index (χ0n) is 8.87. The van der Waals surface area contributed by atoms with Crippen molar-refractivity contribution in [1.82, 2.24) is 0 Å². The topological polar surface area (TPSA) is 20.2 Å². The summed E-state index contributed by atoms with van der Waals surface area (Å²) in [6.45, 7) is 0. The monoisotopic (exact) mass is 200 g/mol. The molecule has 0 heterocycles. The Balaban J connectivity index is 2.17. The zero-order chi connectivity index (χ0) is 10.3. The molecule has 1 aromatic rings. The largest absolute Gasteiger partial charge is 0.389 e. The summed E-state index contributed by atoms with van der Waals surface area (Å²) in [7, 11) is 0. The first kappa shape index (κ1) is 9.17. The number of aliphatic hydroxyl groups is 1. The van der Waals surface area contributed by atoms with E-state index in [1.165, 1.54) is 28.7 Å². The summed E-state index contributed by atoms with van der Waals surface area (Å²) in [5, 5.41) is 10.1. The fraction of sp³-hybridized carbons (Fsp3) is 0.429. The third-order valence-electron chi connectivity index (χ3n) is 3.69. The van der Waals surface area contributed by atoms with Crippen molar-refractivity contribution in [3.63, 3.8) is 0 Å². The standard InChI is InChI=1S/C14H16O/c15-14-9-8-10-4-1-2-5-11(10)12-6-3-7-13(12)14/h1-2,4-5,14-15H,3,6-9H2. The van der Waals surface area contributed by atoms with E-state index < -0.39 is 0 Å². The van der Waals surface area contributed by atoms with E-state index in [9.17, 15) is 5.11 Å². The summed E-state index contributed by atoms with van der Waals surface area (Å²) in [6, 6.07) is 8.63. The Morgan fingerprint density at radius 1 is 1.07 bits per heavy atom. The lowest BCUT2D eigenvalue weighted by molar-refractivity contribution is 0.199. The molecule has 0 aromatic heterocycles. The van der Waals surface area contributed by atoms with Crippen LogP contribution in [0, 0.1) is 0 Å². The highest BCUT2D eigenvalue weighted by Crippen LogP contribution is 2.40. The van der Waals surface area contributed by atoms with E-state index in [4.69, 9.17) is 0 Å². The molecule has 0 saturated heterocycles. The number of benzene rings is 1. The molecule has 1 aromatic carbocycles. The van der Waals surface area contributed by atoms with Crippen LogP contribution >= 0.6 is 0 Å². The van der Waals surface area contributed by atoms with Crippen molar-refractivity contribution in [3.05, 3.63) is 41.0 Å². The number of aliphatic hydroxyl groups excluding tert-OH is 1. The summed E-state index contributed by atoms with van der Waals surface area (Å²) in [4.78, 5) is 0. The summed E-state index contributed by atoms with van der Waals surface area (Å²) in [5.74, 6) is 0. The van der Waals surface area contributed by atoms with Gasteiger partial charge in [-0.1, -0.05) is 24.3 Å². The minimum atomic E-state index is -0.185. The van der Waals surface area contributed by atoms with Gasteiger partial charge in [-0.15, -0.1) is 0 Å². The second kappa shape index (κ2) is 3.49. The molecule has 1 atom stereocenters. The van der Waals surface area contributed by atoms with Gasteiger partial charge >= 0.3 is 0 Å². The predicted octanol–water partition coefficient (Wildman–Crippen LogP) is 2.93. The van der Waals surface area contributed by atoms with Crippen LogP contribution in [0.4, 0.5) is 0 Å². The third kappa shape index (κ3) is 1.42. The van der Waals surface area contributed by atoms with Gasteiger partial charge < -0.3 is 5.11 Å². The highest BCUT2D eigenvalue weighted by molar-refractivity contribution is 5.74. The number of rotatable bonds is 0. The molecule has 0 aliphatic heterocycles. The molecule has 0 radical (unpaired) electrons. The quantitative estimate of drug-likeness (QED) is 0.682. The highest BCUT2D eigenvalue weighted by Gasteiger charge is 2.26. The molecule has 0 saturated carbocycles. The molecular weight excluding hydrogens is 184 g/mol. The minimum absolute atomic E-state index is 0.185. The van der Waals surface area contributed by atoms with Crippen LogP contribution in [-0.2, 0) is 6.42 Å². The molecule has 1 heteroatoms. The predicted molar refractivity (Wildman–Crippen MR) is 61.5 cm³/mol. The van der Waals surface area contributed by atoms with Crippen LogP contribution in [0.25, 0.3) is 5.57 Å². The Labute approximate surface area is 90.4 Å². The second-order valence-corrected chi connectivity index (χ2v) is 4.57. The summed E-state index contributed by atoms with van der Waals surface area (Å²) in [5.41, 5.74) is 5.58. The van der Waals surface area contributed by atoms with E-state index in [1.54, 1.807) is 0 Å². The number of aryl methyl sites for hydroxylation is 1. The molecule has 2 aliphatic rings. The van der Waals surface area contributed by atoms with Gasteiger partial charge in [0.25, 0.3) is 0 Å². The van der Waals surface area contributed by atoms with Gasteiger partial charge in [-0.05, 0) is 54.4 Å². The van der Waals surface area contributed by atoms with Gasteiger partial charge in [0.2, 0.25) is 0 Å². The molecular formula is C14H16O.